The molecule has 1 saturated heterocycles. The van der Waals surface area contributed by atoms with Gasteiger partial charge in [0, 0.05) is 24.4 Å². The van der Waals surface area contributed by atoms with Crippen molar-refractivity contribution < 1.29 is 9.59 Å². The first-order valence-corrected chi connectivity index (χ1v) is 6.69. The number of benzene rings is 1. The number of carbonyl (C=O) groups is 2. The normalized spacial score (nSPS) is 17.1. The van der Waals surface area contributed by atoms with Gasteiger partial charge in [0.15, 0.2) is 0 Å². The van der Waals surface area contributed by atoms with Crippen LogP contribution >= 0.6 is 11.6 Å². The molecule has 0 radical (unpaired) electrons. The highest BCUT2D eigenvalue weighted by molar-refractivity contribution is 6.31. The number of rotatable bonds is 3. The van der Waals surface area contributed by atoms with Crippen LogP contribution in [0.2, 0.25) is 5.02 Å². The van der Waals surface area contributed by atoms with E-state index in [1.807, 2.05) is 19.1 Å². The molecule has 1 aromatic rings. The molecule has 0 spiro atoms. The maximum Gasteiger partial charge on any atom is 0.229 e. The van der Waals surface area contributed by atoms with E-state index in [-0.39, 0.29) is 24.3 Å². The van der Waals surface area contributed by atoms with Crippen LogP contribution in [0.15, 0.2) is 18.2 Å². The maximum absolute atomic E-state index is 11.9. The molecule has 2 N–H and O–H groups in total. The summed E-state index contributed by atoms with van der Waals surface area (Å²) in [4.78, 5) is 25.1. The standard InChI is InChI=1S/C14H17ClN2O2/c1-9-4-13(18)17(14(19)5-9)8-11-3-2-10(7-16)6-12(11)15/h2-3,6,9H,4-5,7-8,16H2,1H3. The number of hydrogen-bond donors (Lipinski definition) is 1. The predicted octanol–water partition coefficient (Wildman–Crippen LogP) is 2.08. The first-order chi connectivity index (χ1) is 9.01. The third kappa shape index (κ3) is 3.14. The monoisotopic (exact) mass is 280 g/mol. The smallest absolute Gasteiger partial charge is 0.229 e. The molecular weight excluding hydrogens is 264 g/mol. The van der Waals surface area contributed by atoms with Crippen molar-refractivity contribution in [2.75, 3.05) is 0 Å². The molecule has 2 rings (SSSR count). The zero-order valence-corrected chi connectivity index (χ0v) is 11.6. The topological polar surface area (TPSA) is 63.4 Å². The zero-order valence-electron chi connectivity index (χ0n) is 10.9. The molecule has 102 valence electrons. The molecule has 2 amide bonds. The fourth-order valence-corrected chi connectivity index (χ4v) is 2.48. The average Bonchev–Trinajstić information content (AvgIpc) is 2.35. The summed E-state index contributed by atoms with van der Waals surface area (Å²) in [6.45, 7) is 2.57. The van der Waals surface area contributed by atoms with Crippen LogP contribution in [0, 0.1) is 5.92 Å². The van der Waals surface area contributed by atoms with Gasteiger partial charge in [-0.1, -0.05) is 30.7 Å². The Bertz CT molecular complexity index is 498. The van der Waals surface area contributed by atoms with E-state index in [9.17, 15) is 9.59 Å². The molecule has 0 unspecified atom stereocenters. The summed E-state index contributed by atoms with van der Waals surface area (Å²) in [5.41, 5.74) is 7.24. The summed E-state index contributed by atoms with van der Waals surface area (Å²) in [5.74, 6) is -0.114. The van der Waals surface area contributed by atoms with Crippen molar-refractivity contribution in [3.63, 3.8) is 0 Å². The second-order valence-corrected chi connectivity index (χ2v) is 5.42. The fourth-order valence-electron chi connectivity index (χ4n) is 2.22. The molecule has 0 aliphatic carbocycles. The van der Waals surface area contributed by atoms with Crippen LogP contribution < -0.4 is 5.73 Å². The molecule has 19 heavy (non-hydrogen) atoms. The molecule has 1 aliphatic rings. The first-order valence-electron chi connectivity index (χ1n) is 6.32. The zero-order chi connectivity index (χ0) is 14.0. The Morgan fingerprint density at radius 1 is 1.32 bits per heavy atom. The molecule has 0 bridgehead atoms. The highest BCUT2D eigenvalue weighted by Crippen LogP contribution is 2.24. The van der Waals surface area contributed by atoms with Crippen LogP contribution in [0.3, 0.4) is 0 Å². The highest BCUT2D eigenvalue weighted by Gasteiger charge is 2.30. The van der Waals surface area contributed by atoms with Gasteiger partial charge in [0.25, 0.3) is 0 Å². The van der Waals surface area contributed by atoms with E-state index in [2.05, 4.69) is 0 Å². The highest BCUT2D eigenvalue weighted by atomic mass is 35.5. The third-order valence-electron chi connectivity index (χ3n) is 3.33. The molecule has 1 aliphatic heterocycles. The molecule has 4 nitrogen and oxygen atoms in total. The summed E-state index contributed by atoms with van der Waals surface area (Å²) >= 11 is 6.15. The van der Waals surface area contributed by atoms with Crippen molar-refractivity contribution >= 4 is 23.4 Å². The van der Waals surface area contributed by atoms with Crippen LogP contribution in [0.25, 0.3) is 0 Å². The summed E-state index contributed by atoms with van der Waals surface area (Å²) in [7, 11) is 0. The van der Waals surface area contributed by atoms with E-state index in [1.54, 1.807) is 6.07 Å². The summed E-state index contributed by atoms with van der Waals surface area (Å²) in [5, 5.41) is 0.544. The Morgan fingerprint density at radius 3 is 2.47 bits per heavy atom. The van der Waals surface area contributed by atoms with E-state index in [4.69, 9.17) is 17.3 Å². The Morgan fingerprint density at radius 2 is 1.95 bits per heavy atom. The molecule has 0 atom stereocenters. The fraction of sp³-hybridized carbons (Fsp3) is 0.429. The minimum Gasteiger partial charge on any atom is -0.326 e. The number of amides is 2. The Hall–Kier alpha value is -1.39. The van der Waals surface area contributed by atoms with Gasteiger partial charge in [-0.05, 0) is 23.1 Å². The number of halogens is 1. The number of nitrogens with zero attached hydrogens (tertiary/aromatic N) is 1. The van der Waals surface area contributed by atoms with Crippen LogP contribution in [0.4, 0.5) is 0 Å². The van der Waals surface area contributed by atoms with Crippen LogP contribution in [0.1, 0.15) is 30.9 Å². The van der Waals surface area contributed by atoms with Gasteiger partial charge in [0.1, 0.15) is 0 Å². The van der Waals surface area contributed by atoms with Crippen molar-refractivity contribution in [2.45, 2.75) is 32.9 Å². The molecule has 1 heterocycles. The van der Waals surface area contributed by atoms with Crippen LogP contribution in [0.5, 0.6) is 0 Å². The van der Waals surface area contributed by atoms with E-state index in [0.717, 1.165) is 11.1 Å². The average molecular weight is 281 g/mol. The lowest BCUT2D eigenvalue weighted by atomic mass is 9.97. The minimum absolute atomic E-state index is 0.122. The van der Waals surface area contributed by atoms with Crippen molar-refractivity contribution in [3.05, 3.63) is 34.3 Å². The first kappa shape index (κ1) is 14.0. The Balaban J connectivity index is 2.16. The van der Waals surface area contributed by atoms with Gasteiger partial charge in [-0.25, -0.2) is 0 Å². The largest absolute Gasteiger partial charge is 0.326 e. The lowest BCUT2D eigenvalue weighted by Gasteiger charge is -2.28. The van der Waals surface area contributed by atoms with Gasteiger partial charge >= 0.3 is 0 Å². The number of imide groups is 1. The molecular formula is C14H17ClN2O2. The van der Waals surface area contributed by atoms with Gasteiger partial charge in [-0.15, -0.1) is 0 Å². The minimum atomic E-state index is -0.122. The number of piperidine rings is 1. The molecule has 5 heteroatoms. The quantitative estimate of drug-likeness (QED) is 0.862. The lowest BCUT2D eigenvalue weighted by Crippen LogP contribution is -2.42. The van der Waals surface area contributed by atoms with Gasteiger partial charge in [-0.3, -0.25) is 14.5 Å². The van der Waals surface area contributed by atoms with Gasteiger partial charge in [0.2, 0.25) is 11.8 Å². The summed E-state index contributed by atoms with van der Waals surface area (Å²) in [6, 6.07) is 5.46. The van der Waals surface area contributed by atoms with Crippen LogP contribution in [-0.2, 0) is 22.7 Å². The van der Waals surface area contributed by atoms with Crippen LogP contribution in [-0.4, -0.2) is 16.7 Å². The summed E-state index contributed by atoms with van der Waals surface area (Å²) < 4.78 is 0. The SMILES string of the molecule is CC1CC(=O)N(Cc2ccc(CN)cc2Cl)C(=O)C1. The number of carbonyl (C=O) groups excluding carboxylic acids is 2. The molecule has 0 aromatic heterocycles. The van der Waals surface area contributed by atoms with Crippen molar-refractivity contribution in [2.24, 2.45) is 11.7 Å². The third-order valence-corrected chi connectivity index (χ3v) is 3.68. The second kappa shape index (κ2) is 5.72. The van der Waals surface area contributed by atoms with E-state index < -0.39 is 0 Å². The molecule has 1 aromatic carbocycles. The van der Waals surface area contributed by atoms with Crippen molar-refractivity contribution in [1.82, 2.24) is 4.90 Å². The number of nitrogens with two attached hydrogens (primary N) is 1. The van der Waals surface area contributed by atoms with Gasteiger partial charge in [-0.2, -0.15) is 0 Å². The van der Waals surface area contributed by atoms with Crippen molar-refractivity contribution in [1.29, 1.82) is 0 Å². The lowest BCUT2D eigenvalue weighted by molar-refractivity contribution is -0.150. The number of likely N-dealkylation sites (tertiary alicyclic amines) is 1. The van der Waals surface area contributed by atoms with Crippen molar-refractivity contribution in [3.8, 4) is 0 Å². The Kier molecular flexibility index (Phi) is 4.22. The number of hydrogen-bond acceptors (Lipinski definition) is 3. The molecule has 1 fully saturated rings. The summed E-state index contributed by atoms with van der Waals surface area (Å²) in [6.07, 6.45) is 0.842. The van der Waals surface area contributed by atoms with E-state index >= 15 is 0 Å². The second-order valence-electron chi connectivity index (χ2n) is 5.02. The maximum atomic E-state index is 11.9. The van der Waals surface area contributed by atoms with Gasteiger partial charge in [0.05, 0.1) is 6.54 Å². The predicted molar refractivity (Wildman–Crippen MR) is 73.3 cm³/mol. The molecule has 0 saturated carbocycles. The van der Waals surface area contributed by atoms with E-state index in [1.165, 1.54) is 4.90 Å². The van der Waals surface area contributed by atoms with Gasteiger partial charge < -0.3 is 5.73 Å². The van der Waals surface area contributed by atoms with E-state index in [0.29, 0.717) is 24.4 Å². The Labute approximate surface area is 117 Å².